The van der Waals surface area contributed by atoms with Crippen LogP contribution >= 0.6 is 0 Å². The Labute approximate surface area is 138 Å². The summed E-state index contributed by atoms with van der Waals surface area (Å²) < 4.78 is 25.7. The molecule has 1 aliphatic rings. The van der Waals surface area contributed by atoms with Crippen molar-refractivity contribution in [1.29, 1.82) is 0 Å². The molecule has 0 bridgehead atoms. The monoisotopic (exact) mass is 348 g/mol. The number of nitrogens with zero attached hydrogens (tertiary/aromatic N) is 1. The van der Waals surface area contributed by atoms with Crippen molar-refractivity contribution in [1.82, 2.24) is 9.62 Å². The van der Waals surface area contributed by atoms with E-state index in [1.807, 2.05) is 6.92 Å². The molecule has 1 fully saturated rings. The van der Waals surface area contributed by atoms with Crippen molar-refractivity contribution in [2.45, 2.75) is 52.5 Å². The number of hydrogen-bond donors (Lipinski definition) is 2. The van der Waals surface area contributed by atoms with Crippen LogP contribution in [0.5, 0.6) is 0 Å². The zero-order valence-corrected chi connectivity index (χ0v) is 14.9. The van der Waals surface area contributed by atoms with Gasteiger partial charge in [0.05, 0.1) is 5.75 Å². The fourth-order valence-electron chi connectivity index (χ4n) is 2.64. The molecule has 1 rings (SSSR count). The topological polar surface area (TPSA) is 104 Å². The molecule has 0 aromatic heterocycles. The van der Waals surface area contributed by atoms with Gasteiger partial charge < -0.3 is 10.4 Å². The second-order valence-corrected chi connectivity index (χ2v) is 8.50. The molecule has 2 N–H and O–H groups in total. The number of carbonyl (C=O) groups is 2. The second kappa shape index (κ2) is 8.63. The third-order valence-electron chi connectivity index (χ3n) is 4.20. The van der Waals surface area contributed by atoms with E-state index in [0.717, 1.165) is 6.42 Å². The van der Waals surface area contributed by atoms with E-state index in [9.17, 15) is 18.0 Å². The third kappa shape index (κ3) is 5.76. The Morgan fingerprint density at radius 2 is 1.83 bits per heavy atom. The van der Waals surface area contributed by atoms with Crippen LogP contribution in [0.2, 0.25) is 0 Å². The summed E-state index contributed by atoms with van der Waals surface area (Å²) >= 11 is 0. The number of aliphatic carboxylic acids is 1. The van der Waals surface area contributed by atoms with Crippen LogP contribution in [0.3, 0.4) is 0 Å². The summed E-state index contributed by atoms with van der Waals surface area (Å²) in [7, 11) is -3.24. The Balaban J connectivity index is 2.55. The lowest BCUT2D eigenvalue weighted by Gasteiger charge is -2.31. The summed E-state index contributed by atoms with van der Waals surface area (Å²) in [6.07, 6.45) is 2.32. The molecule has 1 aliphatic heterocycles. The van der Waals surface area contributed by atoms with Gasteiger partial charge >= 0.3 is 5.97 Å². The summed E-state index contributed by atoms with van der Waals surface area (Å²) in [6, 6.07) is -0.909. The summed E-state index contributed by atoms with van der Waals surface area (Å²) in [5.41, 5.74) is 0. The summed E-state index contributed by atoms with van der Waals surface area (Å²) in [4.78, 5) is 23.3. The molecule has 0 saturated carbocycles. The molecule has 1 saturated heterocycles. The minimum Gasteiger partial charge on any atom is -0.480 e. The molecule has 7 nitrogen and oxygen atoms in total. The number of amides is 1. The number of unbranched alkanes of at least 4 members (excludes halogenated alkanes) is 1. The number of carboxylic acid groups (broad SMARTS) is 1. The summed E-state index contributed by atoms with van der Waals surface area (Å²) in [5, 5.41) is 11.7. The van der Waals surface area contributed by atoms with E-state index >= 15 is 0 Å². The van der Waals surface area contributed by atoms with Gasteiger partial charge in [-0.05, 0) is 25.2 Å². The van der Waals surface area contributed by atoms with Gasteiger partial charge in [0.25, 0.3) is 0 Å². The van der Waals surface area contributed by atoms with E-state index in [2.05, 4.69) is 5.32 Å². The van der Waals surface area contributed by atoms with Crippen molar-refractivity contribution in [3.05, 3.63) is 0 Å². The number of carboxylic acids is 1. The predicted octanol–water partition coefficient (Wildman–Crippen LogP) is 1.05. The Morgan fingerprint density at radius 3 is 2.26 bits per heavy atom. The summed E-state index contributed by atoms with van der Waals surface area (Å²) in [6.45, 7) is 6.07. The quantitative estimate of drug-likeness (QED) is 0.682. The van der Waals surface area contributed by atoms with Crippen LogP contribution in [0.1, 0.15) is 46.5 Å². The lowest BCUT2D eigenvalue weighted by molar-refractivity contribution is -0.144. The smallest absolute Gasteiger partial charge is 0.326 e. The van der Waals surface area contributed by atoms with Crippen LogP contribution in [0, 0.1) is 11.8 Å². The fourth-order valence-corrected chi connectivity index (χ4v) is 4.32. The van der Waals surface area contributed by atoms with Gasteiger partial charge in [-0.1, -0.05) is 27.2 Å². The highest BCUT2D eigenvalue weighted by atomic mass is 32.2. The highest BCUT2D eigenvalue weighted by molar-refractivity contribution is 7.89. The van der Waals surface area contributed by atoms with E-state index in [1.54, 1.807) is 13.8 Å². The van der Waals surface area contributed by atoms with Crippen LogP contribution in [0.15, 0.2) is 0 Å². The minimum absolute atomic E-state index is 0.148. The normalized spacial score (nSPS) is 18.8. The Bertz CT molecular complexity index is 510. The number of nitrogens with one attached hydrogen (secondary N) is 1. The molecule has 0 unspecified atom stereocenters. The maximum Gasteiger partial charge on any atom is 0.326 e. The lowest BCUT2D eigenvalue weighted by atomic mass is 9.95. The molecule has 8 heteroatoms. The van der Waals surface area contributed by atoms with E-state index in [0.29, 0.717) is 32.4 Å². The average Bonchev–Trinajstić information content (AvgIpc) is 2.49. The molecular formula is C15H28N2O5S. The third-order valence-corrected chi connectivity index (χ3v) is 6.16. The number of piperidine rings is 1. The first-order valence-electron chi connectivity index (χ1n) is 8.20. The second-order valence-electron chi connectivity index (χ2n) is 6.41. The zero-order chi connectivity index (χ0) is 17.6. The van der Waals surface area contributed by atoms with Gasteiger partial charge in [0.2, 0.25) is 15.9 Å². The number of hydrogen-bond acceptors (Lipinski definition) is 4. The van der Waals surface area contributed by atoms with Crippen molar-refractivity contribution in [3.8, 4) is 0 Å². The molecule has 0 aromatic carbocycles. The summed E-state index contributed by atoms with van der Waals surface area (Å²) in [5.74, 6) is -1.72. The highest BCUT2D eigenvalue weighted by Gasteiger charge is 2.33. The van der Waals surface area contributed by atoms with Crippen molar-refractivity contribution in [2.75, 3.05) is 18.8 Å². The standard InChI is InChI=1S/C15H28N2O5S/c1-4-5-10-23(21,22)17-8-6-12(7-9-17)14(18)16-13(11(2)3)15(19)20/h11-13H,4-10H2,1-3H3,(H,16,18)(H,19,20)/t13-/m0/s1. The first kappa shape index (κ1) is 19.9. The fraction of sp³-hybridized carbons (Fsp3) is 0.867. The first-order chi connectivity index (χ1) is 10.7. The number of sulfonamides is 1. The van der Waals surface area contributed by atoms with Crippen LogP contribution in [-0.4, -0.2) is 54.6 Å². The maximum atomic E-state index is 12.2. The average molecular weight is 348 g/mol. The Hall–Kier alpha value is -1.15. The van der Waals surface area contributed by atoms with Crippen LogP contribution in [-0.2, 0) is 19.6 Å². The predicted molar refractivity (Wildman–Crippen MR) is 87.4 cm³/mol. The van der Waals surface area contributed by atoms with E-state index in [4.69, 9.17) is 5.11 Å². The maximum absolute atomic E-state index is 12.2. The van der Waals surface area contributed by atoms with E-state index in [-0.39, 0.29) is 23.5 Å². The van der Waals surface area contributed by atoms with Crippen molar-refractivity contribution in [3.63, 3.8) is 0 Å². The molecule has 1 amide bonds. The van der Waals surface area contributed by atoms with Gasteiger partial charge in [0.1, 0.15) is 6.04 Å². The van der Waals surface area contributed by atoms with Crippen molar-refractivity contribution >= 4 is 21.9 Å². The van der Waals surface area contributed by atoms with Crippen molar-refractivity contribution < 1.29 is 23.1 Å². The van der Waals surface area contributed by atoms with Gasteiger partial charge in [0, 0.05) is 19.0 Å². The molecule has 0 spiro atoms. The van der Waals surface area contributed by atoms with Crippen LogP contribution in [0.4, 0.5) is 0 Å². The molecule has 1 heterocycles. The minimum atomic E-state index is -3.24. The molecule has 0 aliphatic carbocycles. The zero-order valence-electron chi connectivity index (χ0n) is 14.1. The lowest BCUT2D eigenvalue weighted by Crippen LogP contribution is -2.49. The highest BCUT2D eigenvalue weighted by Crippen LogP contribution is 2.21. The Kier molecular flexibility index (Phi) is 7.47. The number of rotatable bonds is 8. The van der Waals surface area contributed by atoms with E-state index < -0.39 is 22.0 Å². The largest absolute Gasteiger partial charge is 0.480 e. The van der Waals surface area contributed by atoms with Gasteiger partial charge in [-0.2, -0.15) is 0 Å². The van der Waals surface area contributed by atoms with Gasteiger partial charge in [-0.3, -0.25) is 4.79 Å². The van der Waals surface area contributed by atoms with Crippen LogP contribution in [0.25, 0.3) is 0 Å². The molecule has 0 aromatic rings. The van der Waals surface area contributed by atoms with Crippen LogP contribution < -0.4 is 5.32 Å². The van der Waals surface area contributed by atoms with Gasteiger partial charge in [-0.15, -0.1) is 0 Å². The van der Waals surface area contributed by atoms with Gasteiger partial charge in [-0.25, -0.2) is 17.5 Å². The van der Waals surface area contributed by atoms with E-state index in [1.165, 1.54) is 4.31 Å². The molecule has 134 valence electrons. The first-order valence-corrected chi connectivity index (χ1v) is 9.81. The molecule has 23 heavy (non-hydrogen) atoms. The Morgan fingerprint density at radius 1 is 1.26 bits per heavy atom. The van der Waals surface area contributed by atoms with Crippen molar-refractivity contribution in [2.24, 2.45) is 11.8 Å². The SMILES string of the molecule is CCCCS(=O)(=O)N1CCC(C(=O)N[C@H](C(=O)O)C(C)C)CC1. The molecular weight excluding hydrogens is 320 g/mol. The molecule has 0 radical (unpaired) electrons. The number of carbonyl (C=O) groups excluding carboxylic acids is 1. The molecule has 1 atom stereocenters. The van der Waals surface area contributed by atoms with Gasteiger partial charge in [0.15, 0.2) is 0 Å².